The first-order valence-corrected chi connectivity index (χ1v) is 6.67. The monoisotopic (exact) mass is 297 g/mol. The molecule has 1 amide bonds. The van der Waals surface area contributed by atoms with Gasteiger partial charge in [0.1, 0.15) is 11.8 Å². The number of methoxy groups -OCH3 is 2. The van der Waals surface area contributed by atoms with Gasteiger partial charge in [0.2, 0.25) is 6.29 Å². The van der Waals surface area contributed by atoms with E-state index in [4.69, 9.17) is 19.3 Å². The van der Waals surface area contributed by atoms with Gasteiger partial charge in [-0.1, -0.05) is 0 Å². The van der Waals surface area contributed by atoms with Crippen molar-refractivity contribution in [3.63, 3.8) is 0 Å². The minimum atomic E-state index is -0.894. The lowest BCUT2D eigenvalue weighted by Crippen LogP contribution is -2.41. The smallest absolute Gasteiger partial charge is 0.407 e. The Bertz CT molecular complexity index is 473. The van der Waals surface area contributed by atoms with Gasteiger partial charge in [-0.25, -0.2) is 9.78 Å². The molecule has 0 saturated carbocycles. The molecular formula is C13H19N3O5. The van der Waals surface area contributed by atoms with Crippen molar-refractivity contribution in [2.45, 2.75) is 25.2 Å². The Balaban J connectivity index is 1.95. The highest BCUT2D eigenvalue weighted by molar-refractivity contribution is 5.65. The topological polar surface area (TPSA) is 94.0 Å². The van der Waals surface area contributed by atoms with Gasteiger partial charge in [0.25, 0.3) is 0 Å². The van der Waals surface area contributed by atoms with Gasteiger partial charge in [-0.15, -0.1) is 0 Å². The standard InChI is InChI=1S/C13H19N3O5/c1-19-11(20-2)10-3-6-14-12(15-10)21-9-4-7-16(8-5-9)13(17)18/h3,6,9,11H,4-5,7-8H2,1-2H3,(H,17,18). The van der Waals surface area contributed by atoms with Crippen LogP contribution in [0.5, 0.6) is 6.01 Å². The summed E-state index contributed by atoms with van der Waals surface area (Å²) in [6.45, 7) is 0.914. The Morgan fingerprint density at radius 1 is 1.38 bits per heavy atom. The summed E-state index contributed by atoms with van der Waals surface area (Å²) in [4.78, 5) is 20.5. The maximum Gasteiger partial charge on any atom is 0.407 e. The van der Waals surface area contributed by atoms with Crippen LogP contribution in [0.4, 0.5) is 4.79 Å². The molecule has 0 spiro atoms. The molecule has 2 heterocycles. The largest absolute Gasteiger partial charge is 0.465 e. The summed E-state index contributed by atoms with van der Waals surface area (Å²) >= 11 is 0. The average Bonchev–Trinajstić information content (AvgIpc) is 2.49. The lowest BCUT2D eigenvalue weighted by atomic mass is 10.1. The molecule has 0 unspecified atom stereocenters. The van der Waals surface area contributed by atoms with E-state index in [1.54, 1.807) is 12.3 Å². The second-order valence-electron chi connectivity index (χ2n) is 4.65. The molecule has 21 heavy (non-hydrogen) atoms. The molecule has 0 radical (unpaired) electrons. The molecule has 1 fully saturated rings. The molecule has 8 nitrogen and oxygen atoms in total. The van der Waals surface area contributed by atoms with Crippen molar-refractivity contribution in [3.8, 4) is 6.01 Å². The van der Waals surface area contributed by atoms with Crippen molar-refractivity contribution in [3.05, 3.63) is 18.0 Å². The van der Waals surface area contributed by atoms with Crippen molar-refractivity contribution in [2.75, 3.05) is 27.3 Å². The number of aromatic nitrogens is 2. The van der Waals surface area contributed by atoms with E-state index in [0.717, 1.165) is 0 Å². The van der Waals surface area contributed by atoms with Crippen LogP contribution in [0.15, 0.2) is 12.3 Å². The number of ether oxygens (including phenoxy) is 3. The molecule has 0 aliphatic carbocycles. The Kier molecular flexibility index (Phi) is 5.29. The van der Waals surface area contributed by atoms with E-state index in [0.29, 0.717) is 31.6 Å². The Morgan fingerprint density at radius 2 is 2.05 bits per heavy atom. The molecule has 1 saturated heterocycles. The van der Waals surface area contributed by atoms with Crippen LogP contribution in [0.25, 0.3) is 0 Å². The lowest BCUT2D eigenvalue weighted by Gasteiger charge is -2.29. The fraction of sp³-hybridized carbons (Fsp3) is 0.615. The number of piperidine rings is 1. The minimum Gasteiger partial charge on any atom is -0.465 e. The molecule has 0 aromatic carbocycles. The average molecular weight is 297 g/mol. The Morgan fingerprint density at radius 3 is 2.62 bits per heavy atom. The van der Waals surface area contributed by atoms with Crippen LogP contribution in [-0.4, -0.2) is 59.5 Å². The van der Waals surface area contributed by atoms with E-state index in [1.165, 1.54) is 19.1 Å². The highest BCUT2D eigenvalue weighted by Crippen LogP contribution is 2.19. The van der Waals surface area contributed by atoms with Gasteiger partial charge in [-0.05, 0) is 6.07 Å². The molecule has 1 N–H and O–H groups in total. The van der Waals surface area contributed by atoms with Crippen LogP contribution in [0.3, 0.4) is 0 Å². The molecule has 1 aliphatic rings. The molecule has 1 aromatic rings. The molecule has 1 aliphatic heterocycles. The summed E-state index contributed by atoms with van der Waals surface area (Å²) in [6, 6.07) is 1.94. The van der Waals surface area contributed by atoms with Crippen LogP contribution in [-0.2, 0) is 9.47 Å². The van der Waals surface area contributed by atoms with E-state index >= 15 is 0 Å². The van der Waals surface area contributed by atoms with E-state index < -0.39 is 12.4 Å². The van der Waals surface area contributed by atoms with Gasteiger partial charge in [-0.2, -0.15) is 4.98 Å². The maximum absolute atomic E-state index is 10.8. The van der Waals surface area contributed by atoms with Gasteiger partial charge in [-0.3, -0.25) is 0 Å². The van der Waals surface area contributed by atoms with Crippen LogP contribution < -0.4 is 4.74 Å². The maximum atomic E-state index is 10.8. The molecule has 0 atom stereocenters. The van der Waals surface area contributed by atoms with E-state index in [-0.39, 0.29) is 12.1 Å². The van der Waals surface area contributed by atoms with Gasteiger partial charge < -0.3 is 24.2 Å². The summed E-state index contributed by atoms with van der Waals surface area (Å²) in [5, 5.41) is 8.90. The normalized spacial score (nSPS) is 16.2. The number of amides is 1. The fourth-order valence-electron chi connectivity index (χ4n) is 2.19. The molecule has 2 rings (SSSR count). The quantitative estimate of drug-likeness (QED) is 0.818. The van der Waals surface area contributed by atoms with E-state index in [9.17, 15) is 4.79 Å². The lowest BCUT2D eigenvalue weighted by molar-refractivity contribution is -0.109. The number of hydrogen-bond acceptors (Lipinski definition) is 6. The Labute approximate surface area is 122 Å². The highest BCUT2D eigenvalue weighted by atomic mass is 16.7. The molecule has 8 heteroatoms. The van der Waals surface area contributed by atoms with Gasteiger partial charge in [0.05, 0.1) is 0 Å². The SMILES string of the molecule is COC(OC)c1ccnc(OC2CCN(C(=O)O)CC2)n1. The van der Waals surface area contributed by atoms with Crippen molar-refractivity contribution in [1.29, 1.82) is 0 Å². The van der Waals surface area contributed by atoms with Crippen LogP contribution in [0, 0.1) is 0 Å². The number of nitrogens with zero attached hydrogens (tertiary/aromatic N) is 3. The molecule has 116 valence electrons. The molecular weight excluding hydrogens is 278 g/mol. The minimum absolute atomic E-state index is 0.0839. The van der Waals surface area contributed by atoms with Crippen molar-refractivity contribution in [2.24, 2.45) is 0 Å². The highest BCUT2D eigenvalue weighted by Gasteiger charge is 2.24. The number of carboxylic acid groups (broad SMARTS) is 1. The fourth-order valence-corrected chi connectivity index (χ4v) is 2.19. The zero-order valence-electron chi connectivity index (χ0n) is 12.1. The zero-order valence-corrected chi connectivity index (χ0v) is 12.1. The number of carbonyl (C=O) groups is 1. The first-order chi connectivity index (χ1) is 10.1. The number of likely N-dealkylation sites (tertiary alicyclic amines) is 1. The third-order valence-electron chi connectivity index (χ3n) is 3.31. The third-order valence-corrected chi connectivity index (χ3v) is 3.31. The number of hydrogen-bond donors (Lipinski definition) is 1. The van der Waals surface area contributed by atoms with Crippen molar-refractivity contribution in [1.82, 2.24) is 14.9 Å². The third kappa shape index (κ3) is 4.02. The van der Waals surface area contributed by atoms with Crippen LogP contribution in [0.1, 0.15) is 24.8 Å². The Hall–Kier alpha value is -1.93. The summed E-state index contributed by atoms with van der Waals surface area (Å²) in [7, 11) is 3.05. The predicted octanol–water partition coefficient (Wildman–Crippen LogP) is 1.29. The van der Waals surface area contributed by atoms with Gasteiger partial charge in [0.15, 0.2) is 0 Å². The van der Waals surface area contributed by atoms with Crippen molar-refractivity contribution >= 4 is 6.09 Å². The van der Waals surface area contributed by atoms with Crippen LogP contribution >= 0.6 is 0 Å². The second-order valence-corrected chi connectivity index (χ2v) is 4.65. The number of rotatable bonds is 5. The zero-order chi connectivity index (χ0) is 15.2. The molecule has 1 aromatic heterocycles. The van der Waals surface area contributed by atoms with E-state index in [2.05, 4.69) is 9.97 Å². The second kappa shape index (κ2) is 7.19. The first kappa shape index (κ1) is 15.5. The summed E-state index contributed by atoms with van der Waals surface area (Å²) in [5.41, 5.74) is 0.577. The van der Waals surface area contributed by atoms with Crippen molar-refractivity contribution < 1.29 is 24.1 Å². The van der Waals surface area contributed by atoms with Gasteiger partial charge >= 0.3 is 12.1 Å². The summed E-state index contributed by atoms with van der Waals surface area (Å²) in [6.07, 6.45) is 1.28. The molecule has 0 bridgehead atoms. The van der Waals surface area contributed by atoms with Gasteiger partial charge in [0, 0.05) is 46.3 Å². The first-order valence-electron chi connectivity index (χ1n) is 6.67. The van der Waals surface area contributed by atoms with E-state index in [1.807, 2.05) is 0 Å². The summed E-state index contributed by atoms with van der Waals surface area (Å²) < 4.78 is 16.0. The summed E-state index contributed by atoms with van der Waals surface area (Å²) in [5.74, 6) is 0. The van der Waals surface area contributed by atoms with Crippen LogP contribution in [0.2, 0.25) is 0 Å². The predicted molar refractivity (Wildman–Crippen MR) is 72.0 cm³/mol.